The highest BCUT2D eigenvalue weighted by Crippen LogP contribution is 2.24. The van der Waals surface area contributed by atoms with Crippen molar-refractivity contribution in [3.05, 3.63) is 11.1 Å². The van der Waals surface area contributed by atoms with E-state index in [1.54, 1.807) is 5.38 Å². The van der Waals surface area contributed by atoms with E-state index in [9.17, 15) is 4.79 Å². The number of primary amides is 1. The molecule has 1 fully saturated rings. The van der Waals surface area contributed by atoms with Gasteiger partial charge in [0.2, 0.25) is 0 Å². The van der Waals surface area contributed by atoms with Crippen molar-refractivity contribution in [2.45, 2.75) is 6.10 Å². The van der Waals surface area contributed by atoms with E-state index in [4.69, 9.17) is 10.8 Å². The third-order valence-electron chi connectivity index (χ3n) is 1.88. The van der Waals surface area contributed by atoms with Gasteiger partial charge in [-0.1, -0.05) is 0 Å². The molecule has 2 heterocycles. The van der Waals surface area contributed by atoms with Crippen LogP contribution < -0.4 is 10.6 Å². The van der Waals surface area contributed by atoms with Crippen molar-refractivity contribution in [1.82, 2.24) is 4.98 Å². The average Bonchev–Trinajstić information content (AvgIpc) is 2.46. The molecule has 0 unspecified atom stereocenters. The van der Waals surface area contributed by atoms with Gasteiger partial charge >= 0.3 is 0 Å². The molecule has 13 heavy (non-hydrogen) atoms. The topological polar surface area (TPSA) is 79.5 Å². The molecule has 0 saturated carbocycles. The van der Waals surface area contributed by atoms with Gasteiger partial charge in [0.05, 0.1) is 6.10 Å². The zero-order valence-corrected chi connectivity index (χ0v) is 7.62. The Balaban J connectivity index is 2.10. The molecule has 0 spiro atoms. The number of β-amino-alcohol motifs (C(OH)–C–C–N with tert-alkyl or cyclic N) is 1. The van der Waals surface area contributed by atoms with E-state index in [1.807, 2.05) is 4.90 Å². The fourth-order valence-corrected chi connectivity index (χ4v) is 1.97. The Morgan fingerprint density at radius 3 is 2.92 bits per heavy atom. The smallest absolute Gasteiger partial charge is 0.268 e. The van der Waals surface area contributed by atoms with Gasteiger partial charge in [-0.25, -0.2) is 4.98 Å². The number of aliphatic hydroxyl groups is 1. The van der Waals surface area contributed by atoms with Crippen molar-refractivity contribution in [3.8, 4) is 0 Å². The fourth-order valence-electron chi connectivity index (χ4n) is 1.13. The molecular formula is C7H9N3O2S. The highest BCUT2D eigenvalue weighted by Gasteiger charge is 2.26. The van der Waals surface area contributed by atoms with Crippen LogP contribution in [0.2, 0.25) is 0 Å². The van der Waals surface area contributed by atoms with E-state index >= 15 is 0 Å². The van der Waals surface area contributed by atoms with Crippen LogP contribution in [-0.2, 0) is 0 Å². The van der Waals surface area contributed by atoms with E-state index < -0.39 is 5.91 Å². The quantitative estimate of drug-likeness (QED) is 0.668. The maximum atomic E-state index is 10.7. The maximum Gasteiger partial charge on any atom is 0.268 e. The number of hydrogen-bond acceptors (Lipinski definition) is 5. The van der Waals surface area contributed by atoms with Gasteiger partial charge in [-0.2, -0.15) is 0 Å². The predicted molar refractivity (Wildman–Crippen MR) is 48.9 cm³/mol. The van der Waals surface area contributed by atoms with E-state index in [0.29, 0.717) is 18.8 Å². The third kappa shape index (κ3) is 1.50. The lowest BCUT2D eigenvalue weighted by molar-refractivity contribution is 0.0996. The molecule has 1 aliphatic heterocycles. The van der Waals surface area contributed by atoms with Crippen molar-refractivity contribution in [2.75, 3.05) is 18.0 Å². The summed E-state index contributed by atoms with van der Waals surface area (Å²) in [6.45, 7) is 1.18. The van der Waals surface area contributed by atoms with Crippen molar-refractivity contribution in [3.63, 3.8) is 0 Å². The van der Waals surface area contributed by atoms with Gasteiger partial charge < -0.3 is 15.7 Å². The zero-order valence-electron chi connectivity index (χ0n) is 6.80. The van der Waals surface area contributed by atoms with Crippen LogP contribution in [-0.4, -0.2) is 35.2 Å². The molecule has 1 aromatic rings. The summed E-state index contributed by atoms with van der Waals surface area (Å²) in [5, 5.41) is 11.4. The van der Waals surface area contributed by atoms with Crippen LogP contribution in [0.25, 0.3) is 0 Å². The van der Waals surface area contributed by atoms with Crippen LogP contribution in [0, 0.1) is 0 Å². The Morgan fingerprint density at radius 2 is 2.46 bits per heavy atom. The Kier molecular flexibility index (Phi) is 1.93. The van der Waals surface area contributed by atoms with Crippen molar-refractivity contribution < 1.29 is 9.90 Å². The number of amides is 1. The zero-order chi connectivity index (χ0) is 9.42. The van der Waals surface area contributed by atoms with Gasteiger partial charge in [-0.15, -0.1) is 11.3 Å². The van der Waals surface area contributed by atoms with Crippen molar-refractivity contribution >= 4 is 22.4 Å². The number of nitrogens with zero attached hydrogens (tertiary/aromatic N) is 2. The van der Waals surface area contributed by atoms with Gasteiger partial charge in [0.1, 0.15) is 5.69 Å². The number of thiazole rings is 1. The maximum absolute atomic E-state index is 10.7. The summed E-state index contributed by atoms with van der Waals surface area (Å²) in [7, 11) is 0. The molecule has 0 atom stereocenters. The molecule has 2 rings (SSSR count). The largest absolute Gasteiger partial charge is 0.389 e. The van der Waals surface area contributed by atoms with Crippen LogP contribution in [0.1, 0.15) is 10.5 Å². The first kappa shape index (κ1) is 8.46. The van der Waals surface area contributed by atoms with Crippen LogP contribution >= 0.6 is 11.3 Å². The first-order valence-corrected chi connectivity index (χ1v) is 4.73. The molecule has 3 N–H and O–H groups in total. The van der Waals surface area contributed by atoms with Gasteiger partial charge in [0.25, 0.3) is 5.91 Å². The van der Waals surface area contributed by atoms with Gasteiger partial charge in [-0.3, -0.25) is 4.79 Å². The van der Waals surface area contributed by atoms with Crippen molar-refractivity contribution in [1.29, 1.82) is 0 Å². The highest BCUT2D eigenvalue weighted by atomic mass is 32.1. The minimum atomic E-state index is -0.511. The summed E-state index contributed by atoms with van der Waals surface area (Å²) in [5.74, 6) is -0.511. The van der Waals surface area contributed by atoms with Crippen LogP contribution in [0.4, 0.5) is 5.13 Å². The third-order valence-corrected chi connectivity index (χ3v) is 2.78. The number of rotatable bonds is 2. The molecule has 5 nitrogen and oxygen atoms in total. The molecule has 1 amide bonds. The summed E-state index contributed by atoms with van der Waals surface area (Å²) in [4.78, 5) is 16.6. The van der Waals surface area contributed by atoms with E-state index in [1.165, 1.54) is 11.3 Å². The van der Waals surface area contributed by atoms with Gasteiger partial charge in [-0.05, 0) is 0 Å². The normalized spacial score (nSPS) is 17.2. The Morgan fingerprint density at radius 1 is 1.77 bits per heavy atom. The minimum Gasteiger partial charge on any atom is -0.389 e. The highest BCUT2D eigenvalue weighted by molar-refractivity contribution is 7.14. The first-order chi connectivity index (χ1) is 6.16. The average molecular weight is 199 g/mol. The van der Waals surface area contributed by atoms with Crippen LogP contribution in [0.3, 0.4) is 0 Å². The number of aromatic nitrogens is 1. The lowest BCUT2D eigenvalue weighted by Crippen LogP contribution is -2.50. The Hall–Kier alpha value is -1.14. The SMILES string of the molecule is NC(=O)c1csc(N2CC(O)C2)n1. The number of carbonyl (C=O) groups is 1. The molecule has 1 aliphatic rings. The van der Waals surface area contributed by atoms with E-state index in [-0.39, 0.29) is 6.10 Å². The Bertz CT molecular complexity index is 332. The summed E-state index contributed by atoms with van der Waals surface area (Å²) < 4.78 is 0. The summed E-state index contributed by atoms with van der Waals surface area (Å²) in [6.07, 6.45) is -0.263. The summed E-state index contributed by atoms with van der Waals surface area (Å²) in [5.41, 5.74) is 5.34. The van der Waals surface area contributed by atoms with Crippen LogP contribution in [0.15, 0.2) is 5.38 Å². The van der Waals surface area contributed by atoms with Gasteiger partial charge in [0, 0.05) is 18.5 Å². The monoisotopic (exact) mass is 199 g/mol. The second-order valence-electron chi connectivity index (χ2n) is 2.94. The molecule has 6 heteroatoms. The molecular weight excluding hydrogens is 190 g/mol. The number of carbonyl (C=O) groups excluding carboxylic acids is 1. The van der Waals surface area contributed by atoms with E-state index in [2.05, 4.69) is 4.98 Å². The minimum absolute atomic E-state index is 0.263. The fraction of sp³-hybridized carbons (Fsp3) is 0.429. The van der Waals surface area contributed by atoms with Crippen molar-refractivity contribution in [2.24, 2.45) is 5.73 Å². The number of hydrogen-bond donors (Lipinski definition) is 2. The molecule has 0 radical (unpaired) electrons. The molecule has 0 aliphatic carbocycles. The molecule has 70 valence electrons. The second kappa shape index (κ2) is 2.97. The van der Waals surface area contributed by atoms with Crippen LogP contribution in [0.5, 0.6) is 0 Å². The number of anilines is 1. The molecule has 1 saturated heterocycles. The standard InChI is InChI=1S/C7H9N3O2S/c8-6(12)5-3-13-7(9-5)10-1-4(11)2-10/h3-4,11H,1-2H2,(H2,8,12). The summed E-state index contributed by atoms with van der Waals surface area (Å²) in [6, 6.07) is 0. The lowest BCUT2D eigenvalue weighted by atomic mass is 10.2. The van der Waals surface area contributed by atoms with E-state index in [0.717, 1.165) is 5.13 Å². The molecule has 1 aromatic heterocycles. The predicted octanol–water partition coefficient (Wildman–Crippen LogP) is -0.577. The molecule has 0 aromatic carbocycles. The van der Waals surface area contributed by atoms with Gasteiger partial charge in [0.15, 0.2) is 5.13 Å². The first-order valence-electron chi connectivity index (χ1n) is 3.85. The summed E-state index contributed by atoms with van der Waals surface area (Å²) >= 11 is 1.37. The number of aliphatic hydroxyl groups excluding tert-OH is 1. The number of nitrogens with two attached hydrogens (primary N) is 1. The molecule has 0 bridgehead atoms. The Labute approximate surface area is 78.8 Å². The second-order valence-corrected chi connectivity index (χ2v) is 3.77. The lowest BCUT2D eigenvalue weighted by Gasteiger charge is -2.35.